The molecule has 12 aromatic rings. The Kier molecular flexibility index (Phi) is 6.27. The zero-order chi connectivity index (χ0) is 36.0. The summed E-state index contributed by atoms with van der Waals surface area (Å²) in [6.45, 7) is 0. The fourth-order valence-corrected chi connectivity index (χ4v) is 9.02. The lowest BCUT2D eigenvalue weighted by atomic mass is 10.1. The van der Waals surface area contributed by atoms with Crippen molar-refractivity contribution in [3.05, 3.63) is 188 Å². The Morgan fingerprint density at radius 1 is 0.309 bits per heavy atom. The van der Waals surface area contributed by atoms with Crippen molar-refractivity contribution in [1.29, 1.82) is 0 Å². The summed E-state index contributed by atoms with van der Waals surface area (Å²) in [5.41, 5.74) is 12.0. The van der Waals surface area contributed by atoms with Crippen LogP contribution in [0.4, 0.5) is 0 Å². The molecule has 0 unspecified atom stereocenters. The van der Waals surface area contributed by atoms with Gasteiger partial charge in [-0.25, -0.2) is 9.97 Å². The van der Waals surface area contributed by atoms with Crippen molar-refractivity contribution in [2.75, 3.05) is 0 Å². The summed E-state index contributed by atoms with van der Waals surface area (Å²) in [5, 5.41) is 8.33. The summed E-state index contributed by atoms with van der Waals surface area (Å²) in [6.07, 6.45) is 0. The lowest BCUT2D eigenvalue weighted by molar-refractivity contribution is 1.01. The van der Waals surface area contributed by atoms with Gasteiger partial charge in [0.05, 0.1) is 50.0 Å². The van der Waals surface area contributed by atoms with Gasteiger partial charge in [0.2, 0.25) is 5.95 Å². The molecule has 0 atom stereocenters. The predicted octanol–water partition coefficient (Wildman–Crippen LogP) is 12.6. The monoisotopic (exact) mass is 701 g/mol. The van der Waals surface area contributed by atoms with Crippen LogP contribution in [0.15, 0.2) is 188 Å². The molecule has 0 aliphatic carbocycles. The smallest absolute Gasteiger partial charge is 0.235 e. The zero-order valence-corrected chi connectivity index (χ0v) is 29.6. The minimum atomic E-state index is 0.651. The highest BCUT2D eigenvalue weighted by Gasteiger charge is 2.24. The van der Waals surface area contributed by atoms with Crippen LogP contribution in [-0.4, -0.2) is 23.7 Å². The summed E-state index contributed by atoms with van der Waals surface area (Å²) in [4.78, 5) is 10.6. The Balaban J connectivity index is 1.19. The summed E-state index contributed by atoms with van der Waals surface area (Å²) in [6, 6.07) is 67.0. The molecule has 0 fully saturated rings. The molecular weight excluding hydrogens is 671 g/mol. The van der Waals surface area contributed by atoms with E-state index in [1.807, 2.05) is 12.1 Å². The first kappa shape index (κ1) is 30.0. The van der Waals surface area contributed by atoms with Crippen LogP contribution in [0.3, 0.4) is 0 Å². The van der Waals surface area contributed by atoms with Crippen molar-refractivity contribution in [2.45, 2.75) is 0 Å². The van der Waals surface area contributed by atoms with Gasteiger partial charge in [0, 0.05) is 49.0 Å². The van der Waals surface area contributed by atoms with Gasteiger partial charge in [0.25, 0.3) is 0 Å². The van der Waals surface area contributed by atoms with Gasteiger partial charge in [0.1, 0.15) is 0 Å². The van der Waals surface area contributed by atoms with E-state index in [1.165, 1.54) is 43.6 Å². The van der Waals surface area contributed by atoms with Crippen LogP contribution >= 0.6 is 0 Å². The van der Waals surface area contributed by atoms with Gasteiger partial charge >= 0.3 is 0 Å². The molecule has 0 aliphatic heterocycles. The molecule has 5 nitrogen and oxygen atoms in total. The highest BCUT2D eigenvalue weighted by atomic mass is 15.2. The molecule has 5 heteroatoms. The van der Waals surface area contributed by atoms with Gasteiger partial charge in [-0.1, -0.05) is 127 Å². The lowest BCUT2D eigenvalue weighted by Gasteiger charge is -2.13. The van der Waals surface area contributed by atoms with Crippen LogP contribution in [0.5, 0.6) is 0 Å². The highest BCUT2D eigenvalue weighted by Crippen LogP contribution is 2.44. The standard InChI is InChI=1S/C50H31N5/c1-3-16-32(17-4-1)49-34-20-7-11-24-38(34)51-50(52-49)55-41-27-14-8-21-35(41)46-42(28-15-29-43(46)55)54-40-26-13-10-23-37(40)48-45(54)31-30-44-47(48)36-22-9-12-25-39(36)53(44)33-18-5-2-6-19-33/h1-31H. The van der Waals surface area contributed by atoms with E-state index in [-0.39, 0.29) is 0 Å². The summed E-state index contributed by atoms with van der Waals surface area (Å²) >= 11 is 0. The Hall–Kier alpha value is -7.50. The number of hydrogen-bond acceptors (Lipinski definition) is 2. The van der Waals surface area contributed by atoms with Crippen molar-refractivity contribution in [1.82, 2.24) is 23.7 Å². The average Bonchev–Trinajstić information content (AvgIpc) is 3.90. The molecule has 12 rings (SSSR count). The van der Waals surface area contributed by atoms with Crippen LogP contribution < -0.4 is 0 Å². The number of aromatic nitrogens is 5. The van der Waals surface area contributed by atoms with Crippen molar-refractivity contribution in [3.8, 4) is 28.6 Å². The second kappa shape index (κ2) is 11.5. The summed E-state index contributed by atoms with van der Waals surface area (Å²) in [7, 11) is 0. The molecular formula is C50H31N5. The molecule has 256 valence electrons. The summed E-state index contributed by atoms with van der Waals surface area (Å²) in [5.74, 6) is 0.651. The van der Waals surface area contributed by atoms with Crippen LogP contribution in [0.2, 0.25) is 0 Å². The molecule has 0 bridgehead atoms. The van der Waals surface area contributed by atoms with Gasteiger partial charge in [0.15, 0.2) is 0 Å². The normalized spacial score (nSPS) is 12.0. The predicted molar refractivity (Wildman–Crippen MR) is 228 cm³/mol. The third-order valence-corrected chi connectivity index (χ3v) is 11.2. The average molecular weight is 702 g/mol. The lowest BCUT2D eigenvalue weighted by Crippen LogP contribution is -2.03. The van der Waals surface area contributed by atoms with E-state index < -0.39 is 0 Å². The summed E-state index contributed by atoms with van der Waals surface area (Å²) < 4.78 is 7.11. The minimum absolute atomic E-state index is 0.651. The molecule has 0 saturated heterocycles. The van der Waals surface area contributed by atoms with Crippen molar-refractivity contribution < 1.29 is 0 Å². The molecule has 4 aromatic heterocycles. The van der Waals surface area contributed by atoms with E-state index in [4.69, 9.17) is 9.97 Å². The van der Waals surface area contributed by atoms with Crippen molar-refractivity contribution in [2.24, 2.45) is 0 Å². The van der Waals surface area contributed by atoms with Gasteiger partial charge in [-0.3, -0.25) is 4.57 Å². The Labute approximate surface area is 315 Å². The first-order valence-electron chi connectivity index (χ1n) is 18.7. The molecule has 0 radical (unpaired) electrons. The third kappa shape index (κ3) is 4.23. The fraction of sp³-hybridized carbons (Fsp3) is 0. The topological polar surface area (TPSA) is 40.6 Å². The number of fused-ring (bicyclic) bond motifs is 11. The minimum Gasteiger partial charge on any atom is -0.309 e. The quantitative estimate of drug-likeness (QED) is 0.183. The van der Waals surface area contributed by atoms with E-state index >= 15 is 0 Å². The van der Waals surface area contributed by atoms with E-state index in [1.54, 1.807) is 0 Å². The number of rotatable bonds is 4. The first-order valence-corrected chi connectivity index (χ1v) is 18.7. The van der Waals surface area contributed by atoms with Gasteiger partial charge in [-0.2, -0.15) is 0 Å². The van der Waals surface area contributed by atoms with Crippen molar-refractivity contribution in [3.63, 3.8) is 0 Å². The maximum Gasteiger partial charge on any atom is 0.235 e. The molecule has 0 spiro atoms. The zero-order valence-electron chi connectivity index (χ0n) is 29.6. The van der Waals surface area contributed by atoms with E-state index in [0.717, 1.165) is 55.3 Å². The third-order valence-electron chi connectivity index (χ3n) is 11.2. The Morgan fingerprint density at radius 3 is 1.49 bits per heavy atom. The van der Waals surface area contributed by atoms with E-state index in [9.17, 15) is 0 Å². The molecule has 55 heavy (non-hydrogen) atoms. The Bertz CT molecular complexity index is 3480. The fourth-order valence-electron chi connectivity index (χ4n) is 9.02. The van der Waals surface area contributed by atoms with Gasteiger partial charge in [-0.15, -0.1) is 0 Å². The van der Waals surface area contributed by atoms with E-state index in [2.05, 4.69) is 190 Å². The number of hydrogen-bond donors (Lipinski definition) is 0. The number of nitrogens with zero attached hydrogens (tertiary/aromatic N) is 5. The number of para-hydroxylation sites is 5. The van der Waals surface area contributed by atoms with Crippen LogP contribution in [0, 0.1) is 0 Å². The van der Waals surface area contributed by atoms with Gasteiger partial charge in [-0.05, 0) is 60.7 Å². The molecule has 0 amide bonds. The van der Waals surface area contributed by atoms with Crippen molar-refractivity contribution >= 4 is 76.3 Å². The molecule has 0 aliphatic rings. The second-order valence-corrected chi connectivity index (χ2v) is 14.2. The number of benzene rings is 8. The molecule has 8 aromatic carbocycles. The largest absolute Gasteiger partial charge is 0.309 e. The Morgan fingerprint density at radius 2 is 0.800 bits per heavy atom. The highest BCUT2D eigenvalue weighted by molar-refractivity contribution is 6.29. The molecule has 4 heterocycles. The maximum absolute atomic E-state index is 5.34. The van der Waals surface area contributed by atoms with Crippen LogP contribution in [0.1, 0.15) is 0 Å². The van der Waals surface area contributed by atoms with Gasteiger partial charge < -0.3 is 9.13 Å². The van der Waals surface area contributed by atoms with E-state index in [0.29, 0.717) is 5.95 Å². The first-order chi connectivity index (χ1) is 27.3. The SMILES string of the molecule is c1ccc(-c2nc(-n3c4ccccc4c4c(-n5c6ccccc6c6c7c8ccccc8n(-c8ccccc8)c7ccc65)cccc43)nc3ccccc23)cc1. The van der Waals surface area contributed by atoms with Crippen LogP contribution in [-0.2, 0) is 0 Å². The maximum atomic E-state index is 5.34. The second-order valence-electron chi connectivity index (χ2n) is 14.2. The van der Waals surface area contributed by atoms with Crippen LogP contribution in [0.25, 0.3) is 105 Å². The molecule has 0 N–H and O–H groups in total. The molecule has 0 saturated carbocycles.